The van der Waals surface area contributed by atoms with Crippen LogP contribution in [-0.4, -0.2) is 27.2 Å². The highest BCUT2D eigenvalue weighted by Crippen LogP contribution is 2.27. The van der Waals surface area contributed by atoms with Gasteiger partial charge in [0.25, 0.3) is 0 Å². The first-order valence-electron chi connectivity index (χ1n) is 6.52. The molecule has 0 aliphatic heterocycles. The molecule has 0 fully saturated rings. The minimum Gasteiger partial charge on any atom is -0.508 e. The summed E-state index contributed by atoms with van der Waals surface area (Å²) in [4.78, 5) is 0. The summed E-state index contributed by atoms with van der Waals surface area (Å²) in [6.07, 6.45) is 0. The fraction of sp³-hybridized carbons (Fsp3) is 0.0625. The monoisotopic (exact) mass is 292 g/mol. The predicted octanol–water partition coefficient (Wildman–Crippen LogP) is 2.52. The summed E-state index contributed by atoms with van der Waals surface area (Å²) in [5, 5.41) is 26.6. The average Bonchev–Trinajstić information content (AvgIpc) is 2.99. The summed E-state index contributed by atoms with van der Waals surface area (Å²) in [5.74, 6) is 0.890. The number of ether oxygens (including phenoxy) is 1. The van der Waals surface area contributed by atoms with E-state index in [0.29, 0.717) is 11.4 Å². The molecular formula is C16H12N4O2. The molecule has 0 amide bonds. The lowest BCUT2D eigenvalue weighted by Crippen LogP contribution is -1.99. The van der Waals surface area contributed by atoms with Gasteiger partial charge in [-0.25, -0.2) is 4.68 Å². The van der Waals surface area contributed by atoms with Crippen LogP contribution in [-0.2, 0) is 0 Å². The molecule has 1 aromatic heterocycles. The van der Waals surface area contributed by atoms with E-state index in [9.17, 15) is 10.4 Å². The topological polar surface area (TPSA) is 84.0 Å². The highest BCUT2D eigenvalue weighted by molar-refractivity contribution is 5.67. The number of nitriles is 1. The number of methoxy groups -OCH3 is 1. The van der Waals surface area contributed by atoms with Crippen molar-refractivity contribution in [2.75, 3.05) is 7.11 Å². The van der Waals surface area contributed by atoms with Crippen LogP contribution in [0.2, 0.25) is 0 Å². The number of phenols is 1. The molecular weight excluding hydrogens is 280 g/mol. The first kappa shape index (κ1) is 13.6. The van der Waals surface area contributed by atoms with Crippen LogP contribution in [0, 0.1) is 11.3 Å². The molecule has 0 aliphatic rings. The zero-order valence-corrected chi connectivity index (χ0v) is 11.8. The van der Waals surface area contributed by atoms with Gasteiger partial charge in [0.15, 0.2) is 5.69 Å². The standard InChI is InChI=1S/C16H12N4O2/c1-22-14-8-2-11(3-9-14)16-15(10-17)18-19-20(16)12-4-6-13(21)7-5-12/h2-9,21H,1H3. The number of benzene rings is 2. The van der Waals surface area contributed by atoms with Gasteiger partial charge in [0, 0.05) is 5.56 Å². The van der Waals surface area contributed by atoms with Crippen LogP contribution in [0.5, 0.6) is 11.5 Å². The van der Waals surface area contributed by atoms with Crippen LogP contribution >= 0.6 is 0 Å². The average molecular weight is 292 g/mol. The van der Waals surface area contributed by atoms with Crippen molar-refractivity contribution in [1.82, 2.24) is 15.0 Å². The number of nitrogens with zero attached hydrogens (tertiary/aromatic N) is 4. The fourth-order valence-electron chi connectivity index (χ4n) is 2.14. The molecule has 0 aliphatic carbocycles. The van der Waals surface area contributed by atoms with Gasteiger partial charge in [-0.15, -0.1) is 5.10 Å². The van der Waals surface area contributed by atoms with Crippen LogP contribution < -0.4 is 4.74 Å². The molecule has 6 nitrogen and oxygen atoms in total. The molecule has 0 radical (unpaired) electrons. The number of hydrogen-bond donors (Lipinski definition) is 1. The lowest BCUT2D eigenvalue weighted by atomic mass is 10.1. The van der Waals surface area contributed by atoms with E-state index >= 15 is 0 Å². The molecule has 0 unspecified atom stereocenters. The highest BCUT2D eigenvalue weighted by atomic mass is 16.5. The Morgan fingerprint density at radius 3 is 2.36 bits per heavy atom. The van der Waals surface area contributed by atoms with E-state index in [-0.39, 0.29) is 11.4 Å². The second kappa shape index (κ2) is 5.58. The van der Waals surface area contributed by atoms with Crippen LogP contribution in [0.4, 0.5) is 0 Å². The molecule has 1 N–H and O–H groups in total. The van der Waals surface area contributed by atoms with E-state index < -0.39 is 0 Å². The van der Waals surface area contributed by atoms with Gasteiger partial charge < -0.3 is 9.84 Å². The normalized spacial score (nSPS) is 10.2. The van der Waals surface area contributed by atoms with E-state index in [0.717, 1.165) is 11.3 Å². The molecule has 2 aromatic carbocycles. The van der Waals surface area contributed by atoms with Crippen molar-refractivity contribution in [2.24, 2.45) is 0 Å². The Morgan fingerprint density at radius 2 is 1.77 bits per heavy atom. The summed E-state index contributed by atoms with van der Waals surface area (Å²) >= 11 is 0. The summed E-state index contributed by atoms with van der Waals surface area (Å²) < 4.78 is 6.71. The number of rotatable bonds is 3. The second-order valence-electron chi connectivity index (χ2n) is 4.56. The maximum absolute atomic E-state index is 9.39. The van der Waals surface area contributed by atoms with Crippen molar-refractivity contribution < 1.29 is 9.84 Å². The molecule has 0 atom stereocenters. The van der Waals surface area contributed by atoms with E-state index in [4.69, 9.17) is 4.74 Å². The van der Waals surface area contributed by atoms with Gasteiger partial charge in [-0.2, -0.15) is 5.26 Å². The van der Waals surface area contributed by atoms with Crippen LogP contribution in [0.1, 0.15) is 5.69 Å². The first-order valence-corrected chi connectivity index (χ1v) is 6.52. The Balaban J connectivity index is 2.15. The Kier molecular flexibility index (Phi) is 3.46. The zero-order valence-electron chi connectivity index (χ0n) is 11.8. The smallest absolute Gasteiger partial charge is 0.191 e. The number of phenolic OH excluding ortho intramolecular Hbond substituents is 1. The van der Waals surface area contributed by atoms with Crippen molar-refractivity contribution in [3.63, 3.8) is 0 Å². The number of aromatic nitrogens is 3. The Labute approximate surface area is 126 Å². The molecule has 22 heavy (non-hydrogen) atoms. The summed E-state index contributed by atoms with van der Waals surface area (Å²) in [6, 6.07) is 15.9. The summed E-state index contributed by atoms with van der Waals surface area (Å²) in [5.41, 5.74) is 2.34. The van der Waals surface area contributed by atoms with E-state index in [1.165, 1.54) is 0 Å². The van der Waals surface area contributed by atoms with Gasteiger partial charge in [-0.1, -0.05) is 5.21 Å². The lowest BCUT2D eigenvalue weighted by Gasteiger charge is -2.07. The minimum atomic E-state index is 0.162. The van der Waals surface area contributed by atoms with Crippen molar-refractivity contribution in [3.8, 4) is 34.5 Å². The molecule has 6 heteroatoms. The number of aromatic hydroxyl groups is 1. The van der Waals surface area contributed by atoms with Gasteiger partial charge in [-0.3, -0.25) is 0 Å². The Bertz CT molecular complexity index is 830. The Hall–Kier alpha value is -3.33. The molecule has 0 saturated heterocycles. The van der Waals surface area contributed by atoms with Crippen molar-refractivity contribution in [1.29, 1.82) is 5.26 Å². The molecule has 0 bridgehead atoms. The molecule has 108 valence electrons. The van der Waals surface area contributed by atoms with Gasteiger partial charge in [0.2, 0.25) is 0 Å². The van der Waals surface area contributed by atoms with Crippen molar-refractivity contribution >= 4 is 0 Å². The highest BCUT2D eigenvalue weighted by Gasteiger charge is 2.16. The molecule has 3 aromatic rings. The van der Waals surface area contributed by atoms with Crippen LogP contribution in [0.3, 0.4) is 0 Å². The fourth-order valence-corrected chi connectivity index (χ4v) is 2.14. The second-order valence-corrected chi connectivity index (χ2v) is 4.56. The summed E-state index contributed by atoms with van der Waals surface area (Å²) in [7, 11) is 1.60. The third-order valence-electron chi connectivity index (χ3n) is 3.23. The lowest BCUT2D eigenvalue weighted by molar-refractivity contribution is 0.415. The molecule has 0 spiro atoms. The Morgan fingerprint density at radius 1 is 1.09 bits per heavy atom. The molecule has 1 heterocycles. The minimum absolute atomic E-state index is 0.162. The van der Waals surface area contributed by atoms with E-state index in [1.807, 2.05) is 30.3 Å². The largest absolute Gasteiger partial charge is 0.508 e. The summed E-state index contributed by atoms with van der Waals surface area (Å²) in [6.45, 7) is 0. The SMILES string of the molecule is COc1ccc(-c2c(C#N)nnn2-c2ccc(O)cc2)cc1. The quantitative estimate of drug-likeness (QED) is 0.802. The number of hydrogen-bond acceptors (Lipinski definition) is 5. The predicted molar refractivity (Wildman–Crippen MR) is 79.7 cm³/mol. The first-order chi connectivity index (χ1) is 10.7. The van der Waals surface area contributed by atoms with Crippen LogP contribution in [0.25, 0.3) is 16.9 Å². The maximum atomic E-state index is 9.39. The van der Waals surface area contributed by atoms with Crippen LogP contribution in [0.15, 0.2) is 48.5 Å². The molecule has 0 saturated carbocycles. The van der Waals surface area contributed by atoms with Gasteiger partial charge in [0.1, 0.15) is 23.3 Å². The van der Waals surface area contributed by atoms with Crippen molar-refractivity contribution in [3.05, 3.63) is 54.2 Å². The van der Waals surface area contributed by atoms with Gasteiger partial charge in [-0.05, 0) is 48.5 Å². The van der Waals surface area contributed by atoms with Crippen molar-refractivity contribution in [2.45, 2.75) is 0 Å². The van der Waals surface area contributed by atoms with Gasteiger partial charge in [0.05, 0.1) is 12.8 Å². The van der Waals surface area contributed by atoms with E-state index in [2.05, 4.69) is 10.3 Å². The van der Waals surface area contributed by atoms with E-state index in [1.54, 1.807) is 36.1 Å². The third kappa shape index (κ3) is 2.36. The zero-order chi connectivity index (χ0) is 15.5. The third-order valence-corrected chi connectivity index (χ3v) is 3.23. The van der Waals surface area contributed by atoms with Gasteiger partial charge >= 0.3 is 0 Å². The molecule has 3 rings (SSSR count). The maximum Gasteiger partial charge on any atom is 0.191 e.